The topological polar surface area (TPSA) is 112 Å². The normalized spacial score (nSPS) is 26.5. The van der Waals surface area contributed by atoms with Gasteiger partial charge < -0.3 is 29.2 Å². The summed E-state index contributed by atoms with van der Waals surface area (Å²) in [4.78, 5) is 25.1. The minimum atomic E-state index is -1.44. The Morgan fingerprint density at radius 2 is 1.38 bits per heavy atom. The monoisotopic (exact) mass is 402 g/mol. The van der Waals surface area contributed by atoms with Gasteiger partial charge in [-0.1, -0.05) is 36.4 Å². The number of carbonyl (C=O) groups is 2. The predicted octanol–water partition coefficient (Wildman–Crippen LogP) is 1.16. The number of hydrogen-bond acceptors (Lipinski definition) is 8. The molecule has 1 saturated heterocycles. The maximum atomic E-state index is 12.5. The molecule has 0 aromatic heterocycles. The second kappa shape index (κ2) is 9.62. The Balaban J connectivity index is 1.85. The fraction of sp³-hybridized carbons (Fsp3) is 0.333. The molecule has 0 amide bonds. The number of methoxy groups -OCH3 is 1. The number of aliphatic hydroxyl groups excluding tert-OH is 2. The molecule has 1 aliphatic heterocycles. The fourth-order valence-electron chi connectivity index (χ4n) is 3.02. The molecule has 0 radical (unpaired) electrons. The van der Waals surface area contributed by atoms with Crippen molar-refractivity contribution in [3.63, 3.8) is 0 Å². The number of esters is 2. The number of ether oxygens (including phenoxy) is 4. The van der Waals surface area contributed by atoms with Crippen molar-refractivity contribution in [3.05, 3.63) is 71.8 Å². The van der Waals surface area contributed by atoms with Gasteiger partial charge >= 0.3 is 11.9 Å². The van der Waals surface area contributed by atoms with Crippen LogP contribution in [0.1, 0.15) is 20.7 Å². The SMILES string of the molecule is CO[C@H]1OC(CO)[C@@H](O)C(OC(=O)c2ccccc2)C1OC(=O)c1ccccc1. The van der Waals surface area contributed by atoms with Gasteiger partial charge in [0.05, 0.1) is 17.7 Å². The van der Waals surface area contributed by atoms with Crippen LogP contribution in [0.2, 0.25) is 0 Å². The van der Waals surface area contributed by atoms with E-state index >= 15 is 0 Å². The number of rotatable bonds is 6. The molecule has 1 fully saturated rings. The second-order valence-electron chi connectivity index (χ2n) is 6.42. The van der Waals surface area contributed by atoms with Gasteiger partial charge in [0.1, 0.15) is 12.2 Å². The van der Waals surface area contributed by atoms with Crippen molar-refractivity contribution in [1.29, 1.82) is 0 Å². The van der Waals surface area contributed by atoms with Gasteiger partial charge in [-0.05, 0) is 24.3 Å². The van der Waals surface area contributed by atoms with E-state index in [4.69, 9.17) is 18.9 Å². The van der Waals surface area contributed by atoms with Crippen LogP contribution in [0.3, 0.4) is 0 Å². The summed E-state index contributed by atoms with van der Waals surface area (Å²) in [5.41, 5.74) is 0.531. The van der Waals surface area contributed by atoms with E-state index in [0.29, 0.717) is 0 Å². The van der Waals surface area contributed by atoms with Crippen molar-refractivity contribution in [2.75, 3.05) is 13.7 Å². The lowest BCUT2D eigenvalue weighted by Crippen LogP contribution is -2.61. The maximum Gasteiger partial charge on any atom is 0.338 e. The number of hydrogen-bond donors (Lipinski definition) is 2. The summed E-state index contributed by atoms with van der Waals surface area (Å²) in [5.74, 6) is -1.42. The van der Waals surface area contributed by atoms with Crippen LogP contribution in [0.5, 0.6) is 0 Å². The first-order chi connectivity index (χ1) is 14.0. The minimum Gasteiger partial charge on any atom is -0.452 e. The lowest BCUT2D eigenvalue weighted by molar-refractivity contribution is -0.292. The minimum absolute atomic E-state index is 0.258. The molecule has 0 spiro atoms. The first-order valence-corrected chi connectivity index (χ1v) is 9.04. The van der Waals surface area contributed by atoms with E-state index in [9.17, 15) is 19.8 Å². The van der Waals surface area contributed by atoms with Crippen molar-refractivity contribution in [2.45, 2.75) is 30.7 Å². The van der Waals surface area contributed by atoms with Crippen molar-refractivity contribution >= 4 is 11.9 Å². The number of carbonyl (C=O) groups excluding carboxylic acids is 2. The molecule has 2 aromatic carbocycles. The lowest BCUT2D eigenvalue weighted by atomic mass is 9.98. The largest absolute Gasteiger partial charge is 0.452 e. The summed E-state index contributed by atoms with van der Waals surface area (Å²) in [6, 6.07) is 16.4. The molecule has 8 nitrogen and oxygen atoms in total. The average Bonchev–Trinajstić information content (AvgIpc) is 2.77. The Hall–Kier alpha value is -2.78. The Morgan fingerprint density at radius 3 is 1.83 bits per heavy atom. The third-order valence-corrected chi connectivity index (χ3v) is 4.54. The van der Waals surface area contributed by atoms with Crippen LogP contribution in [-0.2, 0) is 18.9 Å². The zero-order chi connectivity index (χ0) is 20.8. The molecular formula is C21H22O8. The highest BCUT2D eigenvalue weighted by Crippen LogP contribution is 2.28. The second-order valence-corrected chi connectivity index (χ2v) is 6.42. The fourth-order valence-corrected chi connectivity index (χ4v) is 3.02. The molecule has 8 heteroatoms. The van der Waals surface area contributed by atoms with E-state index in [-0.39, 0.29) is 11.1 Å². The first-order valence-electron chi connectivity index (χ1n) is 9.04. The Labute approximate surface area is 167 Å². The molecule has 3 rings (SSSR count). The molecule has 3 unspecified atom stereocenters. The summed E-state index contributed by atoms with van der Waals surface area (Å²) in [6.45, 7) is -0.542. The highest BCUT2D eigenvalue weighted by molar-refractivity contribution is 5.90. The Morgan fingerprint density at radius 1 is 0.897 bits per heavy atom. The van der Waals surface area contributed by atoms with Crippen LogP contribution in [0, 0.1) is 0 Å². The summed E-state index contributed by atoms with van der Waals surface area (Å²) in [6.07, 6.45) is -6.24. The molecule has 1 aliphatic rings. The molecule has 5 atom stereocenters. The molecule has 29 heavy (non-hydrogen) atoms. The van der Waals surface area contributed by atoms with Crippen molar-refractivity contribution in [2.24, 2.45) is 0 Å². The average molecular weight is 402 g/mol. The van der Waals surface area contributed by atoms with Gasteiger partial charge in [0.25, 0.3) is 0 Å². The number of benzene rings is 2. The van der Waals surface area contributed by atoms with Gasteiger partial charge in [-0.2, -0.15) is 0 Å². The van der Waals surface area contributed by atoms with Gasteiger partial charge in [0.15, 0.2) is 18.5 Å². The van der Waals surface area contributed by atoms with Gasteiger partial charge in [-0.25, -0.2) is 9.59 Å². The standard InChI is InChI=1S/C21H22O8/c1-26-21-18(29-20(25)14-10-6-3-7-11-14)17(16(23)15(12-22)27-21)28-19(24)13-8-4-2-5-9-13/h2-11,15-18,21-23H,12H2,1H3/t15?,16-,17?,18?,21+/m1/s1. The predicted molar refractivity (Wildman–Crippen MR) is 100 cm³/mol. The summed E-state index contributed by atoms with van der Waals surface area (Å²) in [7, 11) is 1.32. The van der Waals surface area contributed by atoms with E-state index in [1.807, 2.05) is 0 Å². The quantitative estimate of drug-likeness (QED) is 0.693. The zero-order valence-electron chi connectivity index (χ0n) is 15.7. The smallest absolute Gasteiger partial charge is 0.338 e. The highest BCUT2D eigenvalue weighted by atomic mass is 16.7. The molecule has 0 bridgehead atoms. The first kappa shape index (κ1) is 20.9. The molecule has 2 N–H and O–H groups in total. The van der Waals surface area contributed by atoms with Crippen molar-refractivity contribution < 1.29 is 38.7 Å². The van der Waals surface area contributed by atoms with E-state index in [0.717, 1.165) is 0 Å². The molecule has 1 heterocycles. The van der Waals surface area contributed by atoms with Crippen molar-refractivity contribution in [1.82, 2.24) is 0 Å². The van der Waals surface area contributed by atoms with Crippen LogP contribution in [-0.4, -0.2) is 66.6 Å². The van der Waals surface area contributed by atoms with Gasteiger partial charge in [0.2, 0.25) is 0 Å². The highest BCUT2D eigenvalue weighted by Gasteiger charge is 2.50. The third-order valence-electron chi connectivity index (χ3n) is 4.54. The lowest BCUT2D eigenvalue weighted by Gasteiger charge is -2.42. The number of aliphatic hydroxyl groups is 2. The van der Waals surface area contributed by atoms with Crippen LogP contribution < -0.4 is 0 Å². The van der Waals surface area contributed by atoms with E-state index in [1.165, 1.54) is 7.11 Å². The summed E-state index contributed by atoms with van der Waals surface area (Å²) < 4.78 is 21.7. The van der Waals surface area contributed by atoms with E-state index in [1.54, 1.807) is 60.7 Å². The van der Waals surface area contributed by atoms with E-state index < -0.39 is 49.3 Å². The van der Waals surface area contributed by atoms with Crippen LogP contribution >= 0.6 is 0 Å². The third kappa shape index (κ3) is 4.80. The van der Waals surface area contributed by atoms with Gasteiger partial charge in [-0.15, -0.1) is 0 Å². The Bertz CT molecular complexity index is 810. The molecule has 0 aliphatic carbocycles. The Kier molecular flexibility index (Phi) is 6.95. The van der Waals surface area contributed by atoms with Crippen LogP contribution in [0.25, 0.3) is 0 Å². The van der Waals surface area contributed by atoms with Gasteiger partial charge in [-0.3, -0.25) is 0 Å². The van der Waals surface area contributed by atoms with Crippen molar-refractivity contribution in [3.8, 4) is 0 Å². The summed E-state index contributed by atoms with van der Waals surface area (Å²) >= 11 is 0. The molecule has 154 valence electrons. The maximum absolute atomic E-state index is 12.5. The molecular weight excluding hydrogens is 380 g/mol. The van der Waals surface area contributed by atoms with E-state index in [2.05, 4.69) is 0 Å². The van der Waals surface area contributed by atoms with Crippen LogP contribution in [0.15, 0.2) is 60.7 Å². The molecule has 2 aromatic rings. The molecule has 0 saturated carbocycles. The zero-order valence-corrected chi connectivity index (χ0v) is 15.7. The van der Waals surface area contributed by atoms with Gasteiger partial charge in [0, 0.05) is 7.11 Å². The van der Waals surface area contributed by atoms with Crippen LogP contribution in [0.4, 0.5) is 0 Å². The summed E-state index contributed by atoms with van der Waals surface area (Å²) in [5, 5.41) is 20.1.